The molecule has 174 valence electrons. The van der Waals surface area contributed by atoms with Crippen molar-refractivity contribution in [3.63, 3.8) is 0 Å². The summed E-state index contributed by atoms with van der Waals surface area (Å²) in [6, 6.07) is 3.96. The molecule has 1 aliphatic carbocycles. The van der Waals surface area contributed by atoms with E-state index in [1.165, 1.54) is 12.2 Å². The van der Waals surface area contributed by atoms with Gasteiger partial charge in [0.1, 0.15) is 11.6 Å². The van der Waals surface area contributed by atoms with Gasteiger partial charge in [-0.15, -0.1) is 0 Å². The van der Waals surface area contributed by atoms with E-state index in [-0.39, 0.29) is 6.04 Å². The maximum Gasteiger partial charge on any atom is 0.416 e. The first-order chi connectivity index (χ1) is 15.2. The van der Waals surface area contributed by atoms with E-state index in [4.69, 9.17) is 4.74 Å². The van der Waals surface area contributed by atoms with Gasteiger partial charge in [-0.05, 0) is 49.8 Å². The Morgan fingerprint density at radius 3 is 2.81 bits per heavy atom. The predicted octanol–water partition coefficient (Wildman–Crippen LogP) is 6.73. The molecule has 1 aromatic rings. The van der Waals surface area contributed by atoms with Gasteiger partial charge >= 0.3 is 6.18 Å². The molecule has 2 atom stereocenters. The summed E-state index contributed by atoms with van der Waals surface area (Å²) >= 11 is 0. The van der Waals surface area contributed by atoms with Crippen molar-refractivity contribution in [2.24, 2.45) is 0 Å². The van der Waals surface area contributed by atoms with Crippen molar-refractivity contribution in [2.75, 3.05) is 5.32 Å². The average molecular weight is 448 g/mol. The normalized spacial score (nSPS) is 22.2. The van der Waals surface area contributed by atoms with Crippen LogP contribution in [-0.2, 0) is 4.74 Å². The SMILES string of the molecule is C\C=C/C(=C\C(=C\CC)C(F)(F)F)C1NC2=C(CCCC2Nc2ncccc2C(C)C)O1. The average Bonchev–Trinajstić information content (AvgIpc) is 3.18. The maximum absolute atomic E-state index is 13.5. The van der Waals surface area contributed by atoms with Crippen LogP contribution in [0, 0.1) is 0 Å². The van der Waals surface area contributed by atoms with E-state index in [0.29, 0.717) is 17.9 Å². The fraction of sp³-hybridized carbons (Fsp3) is 0.480. The van der Waals surface area contributed by atoms with Crippen LogP contribution in [0.25, 0.3) is 0 Å². The highest BCUT2D eigenvalue weighted by molar-refractivity contribution is 5.49. The summed E-state index contributed by atoms with van der Waals surface area (Å²) in [6.45, 7) is 7.72. The van der Waals surface area contributed by atoms with Gasteiger partial charge < -0.3 is 15.4 Å². The molecule has 3 rings (SSSR count). The first-order valence-electron chi connectivity index (χ1n) is 11.2. The number of halogens is 3. The van der Waals surface area contributed by atoms with Crippen molar-refractivity contribution in [2.45, 2.75) is 77.7 Å². The Hall–Kier alpha value is -2.70. The summed E-state index contributed by atoms with van der Waals surface area (Å²) in [5, 5.41) is 6.89. The molecule has 2 N–H and O–H groups in total. The summed E-state index contributed by atoms with van der Waals surface area (Å²) < 4.78 is 46.5. The highest BCUT2D eigenvalue weighted by Crippen LogP contribution is 2.36. The lowest BCUT2D eigenvalue weighted by atomic mass is 9.96. The van der Waals surface area contributed by atoms with Crippen LogP contribution in [0.2, 0.25) is 0 Å². The summed E-state index contributed by atoms with van der Waals surface area (Å²) in [5.74, 6) is 1.96. The molecule has 0 saturated carbocycles. The minimum Gasteiger partial charge on any atom is -0.469 e. The molecule has 4 nitrogen and oxygen atoms in total. The lowest BCUT2D eigenvalue weighted by molar-refractivity contribution is -0.0885. The Morgan fingerprint density at radius 2 is 2.16 bits per heavy atom. The molecular formula is C25H32F3N3O. The van der Waals surface area contributed by atoms with Crippen molar-refractivity contribution >= 4 is 5.82 Å². The lowest BCUT2D eigenvalue weighted by Gasteiger charge is -2.26. The smallest absolute Gasteiger partial charge is 0.416 e. The topological polar surface area (TPSA) is 46.2 Å². The summed E-state index contributed by atoms with van der Waals surface area (Å²) in [5.41, 5.74) is 1.82. The number of ether oxygens (including phenoxy) is 1. The van der Waals surface area contributed by atoms with Gasteiger partial charge in [0.15, 0.2) is 6.23 Å². The highest BCUT2D eigenvalue weighted by atomic mass is 19.4. The van der Waals surface area contributed by atoms with Crippen molar-refractivity contribution in [3.8, 4) is 0 Å². The predicted molar refractivity (Wildman–Crippen MR) is 122 cm³/mol. The molecule has 2 unspecified atom stereocenters. The van der Waals surface area contributed by atoms with Crippen LogP contribution in [0.5, 0.6) is 0 Å². The van der Waals surface area contributed by atoms with Gasteiger partial charge in [-0.25, -0.2) is 4.98 Å². The Morgan fingerprint density at radius 1 is 1.38 bits per heavy atom. The molecule has 2 aliphatic rings. The zero-order valence-corrected chi connectivity index (χ0v) is 19.1. The Balaban J connectivity index is 1.85. The van der Waals surface area contributed by atoms with Crippen LogP contribution in [0.3, 0.4) is 0 Å². The van der Waals surface area contributed by atoms with E-state index in [2.05, 4.69) is 35.5 Å². The van der Waals surface area contributed by atoms with Crippen molar-refractivity contribution in [3.05, 3.63) is 70.8 Å². The van der Waals surface area contributed by atoms with E-state index in [0.717, 1.165) is 42.1 Å². The van der Waals surface area contributed by atoms with Crippen molar-refractivity contribution in [1.82, 2.24) is 10.3 Å². The van der Waals surface area contributed by atoms with Gasteiger partial charge in [-0.2, -0.15) is 13.2 Å². The zero-order valence-electron chi connectivity index (χ0n) is 19.1. The number of rotatable bonds is 7. The second kappa shape index (κ2) is 10.3. The molecule has 1 aromatic heterocycles. The van der Waals surface area contributed by atoms with Gasteiger partial charge in [0, 0.05) is 18.2 Å². The number of nitrogens with one attached hydrogen (secondary N) is 2. The minimum absolute atomic E-state index is 0.0312. The molecule has 0 aromatic carbocycles. The quantitative estimate of drug-likeness (QED) is 0.455. The number of hydrogen-bond donors (Lipinski definition) is 2. The van der Waals surface area contributed by atoms with E-state index >= 15 is 0 Å². The van der Waals surface area contributed by atoms with Gasteiger partial charge in [-0.3, -0.25) is 0 Å². The summed E-state index contributed by atoms with van der Waals surface area (Å²) in [7, 11) is 0. The number of aromatic nitrogens is 1. The first kappa shape index (κ1) is 24.0. The largest absolute Gasteiger partial charge is 0.469 e. The molecule has 0 amide bonds. The molecule has 0 bridgehead atoms. The van der Waals surface area contributed by atoms with Crippen LogP contribution in [0.15, 0.2) is 65.2 Å². The summed E-state index contributed by atoms with van der Waals surface area (Å²) in [6.07, 6.45) is 5.35. The summed E-state index contributed by atoms with van der Waals surface area (Å²) in [4.78, 5) is 4.52. The van der Waals surface area contributed by atoms with Crippen molar-refractivity contribution < 1.29 is 17.9 Å². The number of nitrogens with zero attached hydrogens (tertiary/aromatic N) is 1. The van der Waals surface area contributed by atoms with E-state index in [9.17, 15) is 13.2 Å². The van der Waals surface area contributed by atoms with Crippen LogP contribution >= 0.6 is 0 Å². The Labute approximate surface area is 188 Å². The molecule has 32 heavy (non-hydrogen) atoms. The van der Waals surface area contributed by atoms with Crippen LogP contribution in [0.1, 0.15) is 64.9 Å². The Bertz CT molecular complexity index is 929. The monoisotopic (exact) mass is 447 g/mol. The third kappa shape index (κ3) is 5.56. The van der Waals surface area contributed by atoms with Gasteiger partial charge in [-0.1, -0.05) is 45.1 Å². The highest BCUT2D eigenvalue weighted by Gasteiger charge is 2.36. The number of alkyl halides is 3. The van der Waals surface area contributed by atoms with Crippen LogP contribution in [-0.4, -0.2) is 23.4 Å². The number of anilines is 1. The Kier molecular flexibility index (Phi) is 7.69. The minimum atomic E-state index is -4.41. The van der Waals surface area contributed by atoms with Gasteiger partial charge in [0.05, 0.1) is 17.3 Å². The molecule has 0 spiro atoms. The number of hydrogen-bond acceptors (Lipinski definition) is 4. The maximum atomic E-state index is 13.5. The van der Waals surface area contributed by atoms with Gasteiger partial charge in [0.25, 0.3) is 0 Å². The molecule has 0 radical (unpaired) electrons. The molecule has 2 heterocycles. The molecule has 0 saturated heterocycles. The third-order valence-electron chi connectivity index (χ3n) is 5.60. The van der Waals surface area contributed by atoms with E-state index in [1.54, 1.807) is 32.2 Å². The van der Waals surface area contributed by atoms with Crippen molar-refractivity contribution in [1.29, 1.82) is 0 Å². The van der Waals surface area contributed by atoms with Gasteiger partial charge in [0.2, 0.25) is 0 Å². The number of allylic oxidation sites excluding steroid dienone is 5. The van der Waals surface area contributed by atoms with E-state index in [1.807, 2.05) is 6.07 Å². The van der Waals surface area contributed by atoms with E-state index < -0.39 is 18.0 Å². The molecule has 7 heteroatoms. The van der Waals surface area contributed by atoms with Crippen LogP contribution < -0.4 is 10.6 Å². The fourth-order valence-electron chi connectivity index (χ4n) is 4.08. The fourth-order valence-corrected chi connectivity index (χ4v) is 4.08. The molecule has 0 fully saturated rings. The lowest BCUT2D eigenvalue weighted by Crippen LogP contribution is -2.35. The third-order valence-corrected chi connectivity index (χ3v) is 5.60. The second-order valence-electron chi connectivity index (χ2n) is 8.37. The standard InChI is InChI=1S/C25H32F3N3O/c1-5-9-17(15-18(10-6-2)25(26,27)28)24-31-22-20(12-7-13-21(22)32-24)30-23-19(16(3)4)11-8-14-29-23/h5,8-11,14-16,20,24,31H,6-7,12-13H2,1-4H3,(H,29,30)/b9-5-,17-15+,18-10-. The number of pyridine rings is 1. The van der Waals surface area contributed by atoms with Crippen LogP contribution in [0.4, 0.5) is 19.0 Å². The zero-order chi connectivity index (χ0) is 23.3. The first-order valence-corrected chi connectivity index (χ1v) is 11.2. The molecular weight excluding hydrogens is 415 g/mol. The molecule has 1 aliphatic heterocycles. The second-order valence-corrected chi connectivity index (χ2v) is 8.37.